The topological polar surface area (TPSA) is 61.5 Å². The second kappa shape index (κ2) is 6.28. The number of carbonyl (C=O) groups excluding carboxylic acids is 1. The molecule has 0 fully saturated rings. The summed E-state index contributed by atoms with van der Waals surface area (Å²) in [5.41, 5.74) is 7.22. The highest BCUT2D eigenvalue weighted by molar-refractivity contribution is 9.10. The van der Waals surface area contributed by atoms with Crippen molar-refractivity contribution >= 4 is 38.9 Å². The summed E-state index contributed by atoms with van der Waals surface area (Å²) in [6.07, 6.45) is 0. The maximum Gasteiger partial charge on any atom is 0.348 e. The van der Waals surface area contributed by atoms with Crippen LogP contribution in [0.25, 0.3) is 0 Å². The minimum Gasteiger partial charge on any atom is -0.496 e. The van der Waals surface area contributed by atoms with Crippen molar-refractivity contribution in [2.75, 3.05) is 12.8 Å². The minimum absolute atomic E-state index is 0.207. The summed E-state index contributed by atoms with van der Waals surface area (Å²) in [7, 11) is 1.60. The van der Waals surface area contributed by atoms with Gasteiger partial charge < -0.3 is 15.2 Å². The van der Waals surface area contributed by atoms with E-state index in [0.717, 1.165) is 20.7 Å². The van der Waals surface area contributed by atoms with Gasteiger partial charge in [0.1, 0.15) is 17.2 Å². The van der Waals surface area contributed by atoms with Gasteiger partial charge in [0, 0.05) is 10.6 Å². The molecule has 2 N–H and O–H groups in total. The second-order valence-corrected chi connectivity index (χ2v) is 6.28. The number of hydrogen-bond donors (Lipinski definition) is 1. The van der Waals surface area contributed by atoms with Crippen molar-refractivity contribution in [2.24, 2.45) is 0 Å². The smallest absolute Gasteiger partial charge is 0.348 e. The molecule has 0 amide bonds. The number of nitrogen functional groups attached to an aromatic ring is 1. The molecule has 6 heteroatoms. The second-order valence-electron chi connectivity index (χ2n) is 4.17. The summed E-state index contributed by atoms with van der Waals surface area (Å²) in [6, 6.07) is 7.18. The molecule has 1 aromatic heterocycles. The molecule has 0 saturated carbocycles. The lowest BCUT2D eigenvalue weighted by Crippen LogP contribution is -2.03. The molecule has 0 aliphatic heterocycles. The number of benzene rings is 1. The van der Waals surface area contributed by atoms with Crippen molar-refractivity contribution < 1.29 is 14.3 Å². The molecule has 0 saturated heterocycles. The Morgan fingerprint density at radius 3 is 2.70 bits per heavy atom. The zero-order valence-corrected chi connectivity index (χ0v) is 13.5. The molecule has 0 radical (unpaired) electrons. The minimum atomic E-state index is -0.359. The van der Waals surface area contributed by atoms with E-state index in [4.69, 9.17) is 15.2 Å². The van der Waals surface area contributed by atoms with Gasteiger partial charge in [0.05, 0.1) is 11.6 Å². The van der Waals surface area contributed by atoms with Crippen molar-refractivity contribution in [1.82, 2.24) is 0 Å². The number of thiophene rings is 1. The summed E-state index contributed by atoms with van der Waals surface area (Å²) >= 11 is 4.73. The van der Waals surface area contributed by atoms with Gasteiger partial charge in [-0.1, -0.05) is 6.07 Å². The van der Waals surface area contributed by atoms with E-state index in [1.165, 1.54) is 11.3 Å². The van der Waals surface area contributed by atoms with Crippen molar-refractivity contribution in [3.63, 3.8) is 0 Å². The number of aryl methyl sites for hydroxylation is 1. The molecule has 4 nitrogen and oxygen atoms in total. The number of methoxy groups -OCH3 is 1. The number of esters is 1. The fourth-order valence-corrected chi connectivity index (χ4v) is 3.04. The van der Waals surface area contributed by atoms with Crippen molar-refractivity contribution in [2.45, 2.75) is 13.5 Å². The van der Waals surface area contributed by atoms with Crippen LogP contribution in [0.2, 0.25) is 0 Å². The number of ether oxygens (including phenoxy) is 2. The fraction of sp³-hybridized carbons (Fsp3) is 0.214. The van der Waals surface area contributed by atoms with Crippen LogP contribution < -0.4 is 10.5 Å². The molecule has 0 spiro atoms. The Morgan fingerprint density at radius 2 is 2.15 bits per heavy atom. The number of nitrogens with two attached hydrogens (primary N) is 1. The van der Waals surface area contributed by atoms with E-state index >= 15 is 0 Å². The summed E-state index contributed by atoms with van der Waals surface area (Å²) in [5, 5.41) is 0. The first-order valence-corrected chi connectivity index (χ1v) is 7.47. The summed E-state index contributed by atoms with van der Waals surface area (Å²) in [6.45, 7) is 2.08. The SMILES string of the molecule is COc1ccc(COC(=O)c2cc(N)c(C)s2)cc1Br. The molecule has 0 aliphatic carbocycles. The van der Waals surface area contributed by atoms with Crippen molar-refractivity contribution in [3.05, 3.63) is 44.1 Å². The third-order valence-electron chi connectivity index (χ3n) is 2.74. The van der Waals surface area contributed by atoms with Gasteiger partial charge in [0.25, 0.3) is 0 Å². The maximum absolute atomic E-state index is 11.9. The molecule has 1 heterocycles. The maximum atomic E-state index is 11.9. The quantitative estimate of drug-likeness (QED) is 0.848. The van der Waals surface area contributed by atoms with Crippen LogP contribution in [0.5, 0.6) is 5.75 Å². The summed E-state index contributed by atoms with van der Waals surface area (Å²) in [4.78, 5) is 13.3. The highest BCUT2D eigenvalue weighted by Gasteiger charge is 2.12. The fourth-order valence-electron chi connectivity index (χ4n) is 1.62. The zero-order chi connectivity index (χ0) is 14.7. The zero-order valence-electron chi connectivity index (χ0n) is 11.1. The number of carbonyl (C=O) groups is 1. The Morgan fingerprint density at radius 1 is 1.40 bits per heavy atom. The predicted molar refractivity (Wildman–Crippen MR) is 83.3 cm³/mol. The molecule has 0 bridgehead atoms. The number of halogens is 1. The molecule has 0 atom stereocenters. The van der Waals surface area contributed by atoms with E-state index in [2.05, 4.69) is 15.9 Å². The first-order valence-electron chi connectivity index (χ1n) is 5.86. The molecule has 0 aliphatic rings. The third-order valence-corrected chi connectivity index (χ3v) is 4.41. The van der Waals surface area contributed by atoms with E-state index in [0.29, 0.717) is 10.6 Å². The first-order chi connectivity index (χ1) is 9.51. The highest BCUT2D eigenvalue weighted by Crippen LogP contribution is 2.27. The van der Waals surface area contributed by atoms with Gasteiger partial charge in [-0.15, -0.1) is 11.3 Å². The van der Waals surface area contributed by atoms with Crippen LogP contribution in [0.1, 0.15) is 20.1 Å². The van der Waals surface area contributed by atoms with Crippen molar-refractivity contribution in [1.29, 1.82) is 0 Å². The standard InChI is InChI=1S/C14H14BrNO3S/c1-8-11(16)6-13(20-8)14(17)19-7-9-3-4-12(18-2)10(15)5-9/h3-6H,7,16H2,1-2H3. The van der Waals surface area contributed by atoms with Crippen LogP contribution in [-0.2, 0) is 11.3 Å². The van der Waals surface area contributed by atoms with Gasteiger partial charge in [0.2, 0.25) is 0 Å². The van der Waals surface area contributed by atoms with Crippen LogP contribution in [-0.4, -0.2) is 13.1 Å². The van der Waals surface area contributed by atoms with E-state index in [-0.39, 0.29) is 12.6 Å². The number of rotatable bonds is 4. The largest absolute Gasteiger partial charge is 0.496 e. The summed E-state index contributed by atoms with van der Waals surface area (Å²) in [5.74, 6) is 0.378. The molecule has 2 rings (SSSR count). The van der Waals surface area contributed by atoms with E-state index in [9.17, 15) is 4.79 Å². The van der Waals surface area contributed by atoms with E-state index in [1.54, 1.807) is 13.2 Å². The third kappa shape index (κ3) is 3.32. The number of hydrogen-bond acceptors (Lipinski definition) is 5. The number of anilines is 1. The van der Waals surface area contributed by atoms with Gasteiger partial charge in [-0.2, -0.15) is 0 Å². The Kier molecular flexibility index (Phi) is 4.67. The Hall–Kier alpha value is -1.53. The molecular weight excluding hydrogens is 342 g/mol. The summed E-state index contributed by atoms with van der Waals surface area (Å²) < 4.78 is 11.2. The van der Waals surface area contributed by atoms with Crippen LogP contribution in [0.4, 0.5) is 5.69 Å². The molecular formula is C14H14BrNO3S. The lowest BCUT2D eigenvalue weighted by Gasteiger charge is -2.07. The molecule has 106 valence electrons. The average Bonchev–Trinajstić information content (AvgIpc) is 2.76. The first kappa shape index (κ1) is 14.9. The van der Waals surface area contributed by atoms with Gasteiger partial charge >= 0.3 is 5.97 Å². The van der Waals surface area contributed by atoms with Crippen LogP contribution >= 0.6 is 27.3 Å². The van der Waals surface area contributed by atoms with Gasteiger partial charge in [0.15, 0.2) is 0 Å². The highest BCUT2D eigenvalue weighted by atomic mass is 79.9. The molecule has 1 aromatic carbocycles. The van der Waals surface area contributed by atoms with Crippen LogP contribution in [0, 0.1) is 6.92 Å². The lowest BCUT2D eigenvalue weighted by atomic mass is 10.2. The molecule has 2 aromatic rings. The average molecular weight is 356 g/mol. The van der Waals surface area contributed by atoms with Gasteiger partial charge in [-0.3, -0.25) is 0 Å². The van der Waals surface area contributed by atoms with Gasteiger partial charge in [-0.25, -0.2) is 4.79 Å². The predicted octanol–water partition coefficient (Wildman–Crippen LogP) is 3.77. The Labute approximate surface area is 129 Å². The normalized spacial score (nSPS) is 10.3. The monoisotopic (exact) mass is 355 g/mol. The van der Waals surface area contributed by atoms with Gasteiger partial charge in [-0.05, 0) is 46.6 Å². The molecule has 0 unspecified atom stereocenters. The van der Waals surface area contributed by atoms with E-state index in [1.807, 2.05) is 25.1 Å². The van der Waals surface area contributed by atoms with Crippen molar-refractivity contribution in [3.8, 4) is 5.75 Å². The Balaban J connectivity index is 2.01. The van der Waals surface area contributed by atoms with Crippen LogP contribution in [0.3, 0.4) is 0 Å². The molecule has 20 heavy (non-hydrogen) atoms. The Bertz CT molecular complexity index is 620. The lowest BCUT2D eigenvalue weighted by molar-refractivity contribution is 0.0478. The van der Waals surface area contributed by atoms with E-state index < -0.39 is 0 Å². The van der Waals surface area contributed by atoms with Crippen LogP contribution in [0.15, 0.2) is 28.7 Å².